The van der Waals surface area contributed by atoms with Crippen molar-refractivity contribution in [3.05, 3.63) is 65.7 Å². The fourth-order valence-corrected chi connectivity index (χ4v) is 3.17. The minimum absolute atomic E-state index is 0.0118. The first kappa shape index (κ1) is 20.1. The maximum atomic E-state index is 11.6. The topological polar surface area (TPSA) is 94.9 Å². The molecule has 1 atom stereocenters. The minimum atomic E-state index is -4.02. The van der Waals surface area contributed by atoms with Crippen LogP contribution in [0.3, 0.4) is 0 Å². The monoisotopic (exact) mass is 377 g/mol. The molecule has 0 radical (unpaired) electrons. The van der Waals surface area contributed by atoms with E-state index in [1.807, 2.05) is 37.3 Å². The van der Waals surface area contributed by atoms with Gasteiger partial charge in [0.15, 0.2) is 0 Å². The number of aliphatic hydroxyl groups is 1. The van der Waals surface area contributed by atoms with Crippen molar-refractivity contribution < 1.29 is 22.9 Å². The lowest BCUT2D eigenvalue weighted by molar-refractivity contribution is -0.130. The summed E-state index contributed by atoms with van der Waals surface area (Å²) < 4.78 is 29.6. The van der Waals surface area contributed by atoms with Crippen molar-refractivity contribution in [1.82, 2.24) is 4.90 Å². The van der Waals surface area contributed by atoms with Crippen LogP contribution in [0.5, 0.6) is 0 Å². The highest BCUT2D eigenvalue weighted by atomic mass is 32.2. The predicted molar refractivity (Wildman–Crippen MR) is 98.1 cm³/mol. The third-order valence-corrected chi connectivity index (χ3v) is 5.05. The molecule has 1 unspecified atom stereocenters. The molecule has 1 heterocycles. The highest BCUT2D eigenvalue weighted by Gasteiger charge is 2.29. The van der Waals surface area contributed by atoms with Gasteiger partial charge in [0.25, 0.3) is 10.1 Å². The molecule has 1 saturated heterocycles. The van der Waals surface area contributed by atoms with E-state index in [9.17, 15) is 13.2 Å². The Labute approximate surface area is 153 Å². The Kier molecular flexibility index (Phi) is 6.90. The van der Waals surface area contributed by atoms with Gasteiger partial charge in [0, 0.05) is 13.0 Å². The van der Waals surface area contributed by atoms with E-state index in [0.717, 1.165) is 17.5 Å². The molecular formula is C19H23NO5S. The zero-order valence-electron chi connectivity index (χ0n) is 14.6. The second kappa shape index (κ2) is 8.93. The van der Waals surface area contributed by atoms with Gasteiger partial charge in [0.2, 0.25) is 5.91 Å². The molecule has 0 aromatic heterocycles. The number of amides is 1. The van der Waals surface area contributed by atoms with Crippen molar-refractivity contribution in [2.75, 3.05) is 6.61 Å². The quantitative estimate of drug-likeness (QED) is 0.798. The number of likely N-dealkylation sites (tertiary alicyclic amines) is 1. The lowest BCUT2D eigenvalue weighted by Crippen LogP contribution is -2.34. The van der Waals surface area contributed by atoms with Crippen LogP contribution in [-0.4, -0.2) is 41.5 Å². The third kappa shape index (κ3) is 5.66. The molecule has 1 aliphatic rings. The van der Waals surface area contributed by atoms with E-state index in [1.54, 1.807) is 17.0 Å². The van der Waals surface area contributed by atoms with E-state index in [-0.39, 0.29) is 23.5 Å². The molecule has 2 N–H and O–H groups in total. The fourth-order valence-electron chi connectivity index (χ4n) is 2.69. The first-order valence-corrected chi connectivity index (χ1v) is 9.73. The number of hydrogen-bond donors (Lipinski definition) is 2. The fraction of sp³-hybridized carbons (Fsp3) is 0.316. The molecule has 7 heteroatoms. The van der Waals surface area contributed by atoms with Crippen LogP contribution in [0.25, 0.3) is 0 Å². The van der Waals surface area contributed by atoms with Gasteiger partial charge in [-0.25, -0.2) is 0 Å². The van der Waals surface area contributed by atoms with Crippen LogP contribution >= 0.6 is 0 Å². The summed E-state index contributed by atoms with van der Waals surface area (Å²) in [5, 5.41) is 9.14. The van der Waals surface area contributed by atoms with Gasteiger partial charge < -0.3 is 10.0 Å². The summed E-state index contributed by atoms with van der Waals surface area (Å²) in [5.41, 5.74) is 2.07. The van der Waals surface area contributed by atoms with Crippen molar-refractivity contribution in [1.29, 1.82) is 0 Å². The molecule has 0 bridgehead atoms. The zero-order chi connectivity index (χ0) is 19.2. The molecule has 0 aliphatic carbocycles. The van der Waals surface area contributed by atoms with Gasteiger partial charge >= 0.3 is 0 Å². The molecule has 6 nitrogen and oxygen atoms in total. The average molecular weight is 377 g/mol. The van der Waals surface area contributed by atoms with Crippen LogP contribution < -0.4 is 0 Å². The van der Waals surface area contributed by atoms with Crippen molar-refractivity contribution in [3.63, 3.8) is 0 Å². The summed E-state index contributed by atoms with van der Waals surface area (Å²) in [5.74, 6) is 0.151. The lowest BCUT2D eigenvalue weighted by atomic mass is 10.2. The summed E-state index contributed by atoms with van der Waals surface area (Å²) in [6, 6.07) is 15.9. The molecule has 1 fully saturated rings. The Morgan fingerprint density at radius 1 is 1.08 bits per heavy atom. The molecule has 0 spiro atoms. The summed E-state index contributed by atoms with van der Waals surface area (Å²) >= 11 is 0. The van der Waals surface area contributed by atoms with Gasteiger partial charge in [-0.1, -0.05) is 48.0 Å². The van der Waals surface area contributed by atoms with E-state index < -0.39 is 10.1 Å². The lowest BCUT2D eigenvalue weighted by Gasteiger charge is -2.23. The van der Waals surface area contributed by atoms with E-state index in [2.05, 4.69) is 0 Å². The minimum Gasteiger partial charge on any atom is -0.394 e. The van der Waals surface area contributed by atoms with Gasteiger partial charge in [-0.2, -0.15) is 8.42 Å². The normalized spacial score (nSPS) is 17.0. The maximum Gasteiger partial charge on any atom is 0.294 e. The van der Waals surface area contributed by atoms with Crippen LogP contribution in [0.1, 0.15) is 24.0 Å². The Morgan fingerprint density at radius 3 is 2.23 bits per heavy atom. The number of hydrogen-bond acceptors (Lipinski definition) is 4. The number of rotatable bonds is 4. The van der Waals surface area contributed by atoms with Gasteiger partial charge in [-0.15, -0.1) is 0 Å². The molecule has 1 amide bonds. The summed E-state index contributed by atoms with van der Waals surface area (Å²) in [7, 11) is -4.02. The Hall–Kier alpha value is -2.22. The van der Waals surface area contributed by atoms with Crippen LogP contribution in [0.2, 0.25) is 0 Å². The summed E-state index contributed by atoms with van der Waals surface area (Å²) in [6.45, 7) is 2.53. The second-order valence-corrected chi connectivity index (χ2v) is 7.59. The average Bonchev–Trinajstić information content (AvgIpc) is 2.96. The number of nitrogens with zero attached hydrogens (tertiary/aromatic N) is 1. The standard InChI is InChI=1S/C12H15NO2.C7H8O3S/c14-9-11-6-7-12(15)13(11)8-10-4-2-1-3-5-10;1-6-2-4-7(5-3-6)11(8,9)10/h1-5,11,14H,6-9H2;2-5H,1H3,(H,8,9,10). The predicted octanol–water partition coefficient (Wildman–Crippen LogP) is 2.41. The SMILES string of the molecule is Cc1ccc(S(=O)(=O)O)cc1.O=C1CCC(CO)N1Cc1ccccc1. The number of aryl methyl sites for hydroxylation is 1. The third-order valence-electron chi connectivity index (χ3n) is 4.18. The van der Waals surface area contributed by atoms with E-state index in [1.165, 1.54) is 12.1 Å². The number of benzene rings is 2. The Bertz CT molecular complexity index is 819. The van der Waals surface area contributed by atoms with Crippen LogP contribution in [0, 0.1) is 6.92 Å². The number of carbonyl (C=O) groups excluding carboxylic acids is 1. The van der Waals surface area contributed by atoms with E-state index in [4.69, 9.17) is 9.66 Å². The highest BCUT2D eigenvalue weighted by molar-refractivity contribution is 7.85. The van der Waals surface area contributed by atoms with Crippen LogP contribution in [0.4, 0.5) is 0 Å². The van der Waals surface area contributed by atoms with Gasteiger partial charge in [-0.3, -0.25) is 9.35 Å². The first-order valence-electron chi connectivity index (χ1n) is 8.29. The van der Waals surface area contributed by atoms with Crippen molar-refractivity contribution in [3.8, 4) is 0 Å². The van der Waals surface area contributed by atoms with E-state index >= 15 is 0 Å². The molecule has 2 aromatic rings. The van der Waals surface area contributed by atoms with Gasteiger partial charge in [0.1, 0.15) is 0 Å². The van der Waals surface area contributed by atoms with Crippen molar-refractivity contribution in [2.24, 2.45) is 0 Å². The molecule has 26 heavy (non-hydrogen) atoms. The van der Waals surface area contributed by atoms with Crippen LogP contribution in [-0.2, 0) is 21.5 Å². The largest absolute Gasteiger partial charge is 0.394 e. The summed E-state index contributed by atoms with van der Waals surface area (Å²) in [6.07, 6.45) is 1.35. The van der Waals surface area contributed by atoms with Crippen molar-refractivity contribution >= 4 is 16.0 Å². The zero-order valence-corrected chi connectivity index (χ0v) is 15.4. The number of carbonyl (C=O) groups is 1. The molecule has 3 rings (SSSR count). The van der Waals surface area contributed by atoms with Gasteiger partial charge in [-0.05, 0) is 31.0 Å². The van der Waals surface area contributed by atoms with E-state index in [0.29, 0.717) is 13.0 Å². The van der Waals surface area contributed by atoms with Crippen molar-refractivity contribution in [2.45, 2.75) is 37.2 Å². The first-order chi connectivity index (χ1) is 12.3. The smallest absolute Gasteiger partial charge is 0.294 e. The second-order valence-electron chi connectivity index (χ2n) is 6.17. The highest BCUT2D eigenvalue weighted by Crippen LogP contribution is 2.20. The summed E-state index contributed by atoms with van der Waals surface area (Å²) in [4.78, 5) is 13.3. The molecule has 2 aromatic carbocycles. The maximum absolute atomic E-state index is 11.6. The molecule has 1 aliphatic heterocycles. The molecule has 0 saturated carbocycles. The van der Waals surface area contributed by atoms with Gasteiger partial charge in [0.05, 0.1) is 17.5 Å². The molecule has 140 valence electrons. The Morgan fingerprint density at radius 2 is 1.69 bits per heavy atom. The number of aliphatic hydroxyl groups excluding tert-OH is 1. The molecular weight excluding hydrogens is 354 g/mol. The Balaban J connectivity index is 0.000000197. The van der Waals surface area contributed by atoms with Crippen LogP contribution in [0.15, 0.2) is 59.5 Å².